The fraction of sp³-hybridized carbons (Fsp3) is 0.667. The maximum Gasteiger partial charge on any atom is 0.509 e. The Morgan fingerprint density at radius 3 is 2.64 bits per heavy atom. The largest absolute Gasteiger partial charge is 0.509 e. The van der Waals surface area contributed by atoms with Gasteiger partial charge in [-0.3, -0.25) is 0 Å². The van der Waals surface area contributed by atoms with Gasteiger partial charge in [-0.15, -0.1) is 5.73 Å². The molecule has 0 N–H and O–H groups in total. The van der Waals surface area contributed by atoms with Crippen molar-refractivity contribution in [2.45, 2.75) is 57.7 Å². The van der Waals surface area contributed by atoms with Crippen LogP contribution in [0.5, 0.6) is 0 Å². The molecule has 0 unspecified atom stereocenters. The van der Waals surface area contributed by atoms with Gasteiger partial charge in [0.05, 0.1) is 13.2 Å². The zero-order chi connectivity index (χ0) is 16.4. The molecule has 0 aromatic heterocycles. The molecule has 122 valence electrons. The molecule has 0 amide bonds. The Morgan fingerprint density at radius 2 is 2.05 bits per heavy atom. The molecule has 0 bridgehead atoms. The van der Waals surface area contributed by atoms with Crippen LogP contribution in [0.1, 0.15) is 46.0 Å². The second kappa shape index (κ2) is 9.35. The summed E-state index contributed by atoms with van der Waals surface area (Å²) in [7, 11) is 1.27. The molecular weight excluding hydrogens is 280 g/mol. The summed E-state index contributed by atoms with van der Waals surface area (Å²) in [4.78, 5) is 11.1. The van der Waals surface area contributed by atoms with E-state index in [2.05, 4.69) is 28.9 Å². The van der Waals surface area contributed by atoms with Crippen molar-refractivity contribution in [2.75, 3.05) is 13.7 Å². The number of carbonyl (C=O) groups excluding carboxylic acids is 1. The number of carbonyl (C=O) groups is 1. The quantitative estimate of drug-likeness (QED) is 0.439. The van der Waals surface area contributed by atoms with E-state index in [1.54, 1.807) is 13.8 Å². The molecule has 0 aromatic carbocycles. The molecule has 1 saturated carbocycles. The van der Waals surface area contributed by atoms with Crippen molar-refractivity contribution in [1.29, 1.82) is 0 Å². The van der Waals surface area contributed by atoms with Crippen molar-refractivity contribution in [2.24, 2.45) is 5.92 Å². The Bertz CT molecular complexity index is 457. The van der Waals surface area contributed by atoms with E-state index in [9.17, 15) is 4.79 Å². The first-order valence-corrected chi connectivity index (χ1v) is 7.73. The molecular formula is C18H26O4. The normalized spacial score (nSPS) is 16.7. The minimum atomic E-state index is -0.898. The summed E-state index contributed by atoms with van der Waals surface area (Å²) in [5.74, 6) is 6.30. The highest BCUT2D eigenvalue weighted by atomic mass is 16.7. The van der Waals surface area contributed by atoms with Crippen LogP contribution in [0.4, 0.5) is 4.79 Å². The van der Waals surface area contributed by atoms with E-state index >= 15 is 0 Å². The van der Waals surface area contributed by atoms with Crippen LogP contribution in [-0.4, -0.2) is 31.6 Å². The van der Waals surface area contributed by atoms with Crippen molar-refractivity contribution in [1.82, 2.24) is 0 Å². The fourth-order valence-corrected chi connectivity index (χ4v) is 2.56. The second-order valence-electron chi connectivity index (χ2n) is 5.91. The Kier molecular flexibility index (Phi) is 7.80. The van der Waals surface area contributed by atoms with Gasteiger partial charge in [-0.25, -0.2) is 4.79 Å². The van der Waals surface area contributed by atoms with Gasteiger partial charge in [0, 0.05) is 0 Å². The summed E-state index contributed by atoms with van der Waals surface area (Å²) < 4.78 is 15.3. The second-order valence-corrected chi connectivity index (χ2v) is 5.91. The maximum atomic E-state index is 11.1. The highest BCUT2D eigenvalue weighted by molar-refractivity contribution is 5.60. The van der Waals surface area contributed by atoms with E-state index in [0.717, 1.165) is 0 Å². The van der Waals surface area contributed by atoms with Gasteiger partial charge >= 0.3 is 6.16 Å². The lowest BCUT2D eigenvalue weighted by Crippen LogP contribution is -2.27. The third-order valence-corrected chi connectivity index (χ3v) is 3.64. The summed E-state index contributed by atoms with van der Waals surface area (Å²) >= 11 is 0. The van der Waals surface area contributed by atoms with Crippen LogP contribution in [0.25, 0.3) is 0 Å². The lowest BCUT2D eigenvalue weighted by atomic mass is 9.85. The van der Waals surface area contributed by atoms with Gasteiger partial charge in [0.15, 0.2) is 5.60 Å². The Balaban J connectivity index is 2.50. The molecule has 0 radical (unpaired) electrons. The van der Waals surface area contributed by atoms with E-state index in [4.69, 9.17) is 9.47 Å². The molecule has 22 heavy (non-hydrogen) atoms. The summed E-state index contributed by atoms with van der Waals surface area (Å²) in [5.41, 5.74) is 1.92. The Hall–Kier alpha value is -1.69. The monoisotopic (exact) mass is 306 g/mol. The van der Waals surface area contributed by atoms with Gasteiger partial charge in [-0.05, 0) is 38.7 Å². The van der Waals surface area contributed by atoms with Crippen LogP contribution >= 0.6 is 0 Å². The van der Waals surface area contributed by atoms with E-state index in [1.807, 2.05) is 6.08 Å². The van der Waals surface area contributed by atoms with Crippen molar-refractivity contribution in [3.8, 4) is 11.8 Å². The Morgan fingerprint density at radius 1 is 1.36 bits per heavy atom. The molecule has 0 aliphatic heterocycles. The molecule has 0 saturated heterocycles. The van der Waals surface area contributed by atoms with Crippen molar-refractivity contribution in [3.63, 3.8) is 0 Å². The van der Waals surface area contributed by atoms with Gasteiger partial charge in [-0.1, -0.05) is 37.7 Å². The topological polar surface area (TPSA) is 44.8 Å². The van der Waals surface area contributed by atoms with Crippen LogP contribution in [0.3, 0.4) is 0 Å². The minimum absolute atomic E-state index is 0.0109. The molecule has 1 aliphatic rings. The molecule has 1 fully saturated rings. The average molecular weight is 306 g/mol. The van der Waals surface area contributed by atoms with Crippen molar-refractivity contribution in [3.05, 3.63) is 18.4 Å². The van der Waals surface area contributed by atoms with Gasteiger partial charge in [0.1, 0.15) is 6.61 Å². The van der Waals surface area contributed by atoms with Crippen LogP contribution in [0.15, 0.2) is 18.4 Å². The number of ether oxygens (including phenoxy) is 3. The zero-order valence-corrected chi connectivity index (χ0v) is 13.8. The number of hydrogen-bond acceptors (Lipinski definition) is 4. The summed E-state index contributed by atoms with van der Waals surface area (Å²) in [6.45, 7) is 7.34. The van der Waals surface area contributed by atoms with Crippen molar-refractivity contribution < 1.29 is 19.0 Å². The average Bonchev–Trinajstić information content (AvgIpc) is 2.50. The lowest BCUT2D eigenvalue weighted by molar-refractivity contribution is 0.0215. The predicted molar refractivity (Wildman–Crippen MR) is 85.4 cm³/mol. The molecule has 1 rings (SSSR count). The smallest absolute Gasteiger partial charge is 0.438 e. The molecule has 4 heteroatoms. The molecule has 0 heterocycles. The highest BCUT2D eigenvalue weighted by Crippen LogP contribution is 2.28. The minimum Gasteiger partial charge on any atom is -0.438 e. The number of rotatable bonds is 5. The maximum absolute atomic E-state index is 11.1. The van der Waals surface area contributed by atoms with Crippen LogP contribution in [0.2, 0.25) is 0 Å². The summed E-state index contributed by atoms with van der Waals surface area (Å²) in [6.07, 6.45) is 7.31. The molecule has 0 aromatic rings. The first-order valence-electron chi connectivity index (χ1n) is 7.73. The van der Waals surface area contributed by atoms with E-state index in [1.165, 1.54) is 39.2 Å². The third-order valence-electron chi connectivity index (χ3n) is 3.64. The number of hydrogen-bond donors (Lipinski definition) is 0. The fourth-order valence-electron chi connectivity index (χ4n) is 2.56. The lowest BCUT2D eigenvalue weighted by Gasteiger charge is -2.27. The third kappa shape index (κ3) is 6.85. The molecule has 1 aliphatic carbocycles. The number of methoxy groups -OCH3 is 1. The zero-order valence-electron chi connectivity index (χ0n) is 13.8. The van der Waals surface area contributed by atoms with Gasteiger partial charge in [0.2, 0.25) is 0 Å². The SMILES string of the molecule is C=C=C[C@H](OCC#CC(C)(C)OC(=O)OC)C1CCCCC1. The summed E-state index contributed by atoms with van der Waals surface area (Å²) in [5, 5.41) is 0. The predicted octanol–water partition coefficient (Wildman–Crippen LogP) is 3.86. The van der Waals surface area contributed by atoms with Crippen molar-refractivity contribution >= 4 is 6.16 Å². The highest BCUT2D eigenvalue weighted by Gasteiger charge is 2.22. The van der Waals surface area contributed by atoms with E-state index in [0.29, 0.717) is 5.92 Å². The van der Waals surface area contributed by atoms with Gasteiger partial charge in [-0.2, -0.15) is 0 Å². The molecule has 4 nitrogen and oxygen atoms in total. The van der Waals surface area contributed by atoms with E-state index in [-0.39, 0.29) is 12.7 Å². The molecule has 1 atom stereocenters. The van der Waals surface area contributed by atoms with E-state index < -0.39 is 11.8 Å². The van der Waals surface area contributed by atoms with Gasteiger partial charge in [0.25, 0.3) is 0 Å². The summed E-state index contributed by atoms with van der Waals surface area (Å²) in [6, 6.07) is 0. The van der Waals surface area contributed by atoms with Crippen LogP contribution in [-0.2, 0) is 14.2 Å². The Labute approximate surface area is 133 Å². The van der Waals surface area contributed by atoms with Crippen LogP contribution < -0.4 is 0 Å². The first kappa shape index (κ1) is 18.4. The van der Waals surface area contributed by atoms with Gasteiger partial charge < -0.3 is 14.2 Å². The standard InChI is InChI=1S/C18H26O4/c1-5-10-16(15-11-7-6-8-12-15)21-14-9-13-18(2,3)22-17(19)20-4/h10,15-16H,1,6-8,11-12,14H2,2-4H3/t16-/m0/s1. The van der Waals surface area contributed by atoms with Crippen LogP contribution in [0, 0.1) is 17.8 Å². The first-order chi connectivity index (χ1) is 10.5. The molecule has 0 spiro atoms.